The topological polar surface area (TPSA) is 81.7 Å². The summed E-state index contributed by atoms with van der Waals surface area (Å²) in [6.45, 7) is 0.936. The minimum atomic E-state index is -1.30. The first-order valence-electron chi connectivity index (χ1n) is 7.43. The fourth-order valence-electron chi connectivity index (χ4n) is 2.08. The van der Waals surface area contributed by atoms with Gasteiger partial charge in [-0.25, -0.2) is 18.4 Å². The molecule has 0 aromatic heterocycles. The molecule has 0 aliphatic rings. The van der Waals surface area contributed by atoms with Gasteiger partial charge in [0, 0.05) is 5.69 Å². The van der Waals surface area contributed by atoms with Crippen molar-refractivity contribution in [2.24, 2.45) is 0 Å². The van der Waals surface area contributed by atoms with E-state index in [1.807, 2.05) is 0 Å². The van der Waals surface area contributed by atoms with E-state index in [-0.39, 0.29) is 5.56 Å². The van der Waals surface area contributed by atoms with Gasteiger partial charge < -0.3 is 14.8 Å². The van der Waals surface area contributed by atoms with E-state index in [1.165, 1.54) is 19.2 Å². The van der Waals surface area contributed by atoms with E-state index >= 15 is 0 Å². The number of halogens is 2. The van der Waals surface area contributed by atoms with Crippen molar-refractivity contribution in [2.75, 3.05) is 19.0 Å². The SMILES string of the molecule is COC(=O)c1ccc(C)c(NC(=O)COC(=O)c2c(F)cccc2F)c1. The van der Waals surface area contributed by atoms with E-state index < -0.39 is 41.7 Å². The summed E-state index contributed by atoms with van der Waals surface area (Å²) in [7, 11) is 1.22. The van der Waals surface area contributed by atoms with Crippen LogP contribution in [0.2, 0.25) is 0 Å². The number of aryl methyl sites for hydroxylation is 1. The van der Waals surface area contributed by atoms with E-state index in [9.17, 15) is 23.2 Å². The van der Waals surface area contributed by atoms with Crippen LogP contribution in [0, 0.1) is 18.6 Å². The monoisotopic (exact) mass is 363 g/mol. The third kappa shape index (κ3) is 4.41. The molecule has 0 heterocycles. The molecular weight excluding hydrogens is 348 g/mol. The molecule has 0 aliphatic carbocycles. The van der Waals surface area contributed by atoms with Crippen LogP contribution in [0.1, 0.15) is 26.3 Å². The standard InChI is InChI=1S/C18H15F2NO5/c1-10-6-7-11(17(23)25-2)8-14(10)21-15(22)9-26-18(24)16-12(19)4-3-5-13(16)20/h3-8H,9H2,1-2H3,(H,21,22). The largest absolute Gasteiger partial charge is 0.465 e. The molecule has 0 spiro atoms. The summed E-state index contributed by atoms with van der Waals surface area (Å²) in [4.78, 5) is 35.2. The van der Waals surface area contributed by atoms with Crippen LogP contribution >= 0.6 is 0 Å². The number of hydrogen-bond acceptors (Lipinski definition) is 5. The van der Waals surface area contributed by atoms with E-state index in [0.717, 1.165) is 18.2 Å². The molecule has 1 N–H and O–H groups in total. The molecule has 0 saturated heterocycles. The maximum absolute atomic E-state index is 13.5. The second-order valence-electron chi connectivity index (χ2n) is 5.24. The van der Waals surface area contributed by atoms with Crippen LogP contribution in [0.5, 0.6) is 0 Å². The first-order valence-corrected chi connectivity index (χ1v) is 7.43. The third-order valence-corrected chi connectivity index (χ3v) is 3.43. The molecule has 2 aromatic carbocycles. The molecule has 136 valence electrons. The van der Waals surface area contributed by atoms with Gasteiger partial charge in [-0.2, -0.15) is 0 Å². The molecule has 0 radical (unpaired) electrons. The Balaban J connectivity index is 2.03. The predicted octanol–water partition coefficient (Wildman–Crippen LogP) is 2.86. The van der Waals surface area contributed by atoms with Crippen molar-refractivity contribution in [1.82, 2.24) is 0 Å². The summed E-state index contributed by atoms with van der Waals surface area (Å²) in [5.74, 6) is -4.79. The van der Waals surface area contributed by atoms with Crippen LogP contribution in [0.15, 0.2) is 36.4 Å². The van der Waals surface area contributed by atoms with Crippen molar-refractivity contribution in [2.45, 2.75) is 6.92 Å². The van der Waals surface area contributed by atoms with Gasteiger partial charge in [-0.05, 0) is 36.8 Å². The zero-order valence-corrected chi connectivity index (χ0v) is 14.0. The summed E-state index contributed by atoms with van der Waals surface area (Å²) < 4.78 is 36.2. The Kier molecular flexibility index (Phi) is 6.00. The summed E-state index contributed by atoms with van der Waals surface area (Å²) in [6.07, 6.45) is 0. The average Bonchev–Trinajstić information content (AvgIpc) is 2.61. The van der Waals surface area contributed by atoms with Gasteiger partial charge in [0.05, 0.1) is 12.7 Å². The molecule has 8 heteroatoms. The number of nitrogens with one attached hydrogen (secondary N) is 1. The number of carbonyl (C=O) groups excluding carboxylic acids is 3. The van der Waals surface area contributed by atoms with Crippen molar-refractivity contribution in [3.05, 3.63) is 64.7 Å². The third-order valence-electron chi connectivity index (χ3n) is 3.43. The lowest BCUT2D eigenvalue weighted by molar-refractivity contribution is -0.119. The van der Waals surface area contributed by atoms with Crippen molar-refractivity contribution < 1.29 is 32.6 Å². The molecule has 0 unspecified atom stereocenters. The highest BCUT2D eigenvalue weighted by Crippen LogP contribution is 2.18. The lowest BCUT2D eigenvalue weighted by Crippen LogP contribution is -2.22. The second-order valence-corrected chi connectivity index (χ2v) is 5.24. The maximum Gasteiger partial charge on any atom is 0.344 e. The van der Waals surface area contributed by atoms with Gasteiger partial charge in [0.25, 0.3) is 5.91 Å². The number of esters is 2. The Bertz CT molecular complexity index is 846. The Hall–Kier alpha value is -3.29. The van der Waals surface area contributed by atoms with E-state index in [0.29, 0.717) is 11.3 Å². The van der Waals surface area contributed by atoms with E-state index in [4.69, 9.17) is 0 Å². The normalized spacial score (nSPS) is 10.2. The van der Waals surface area contributed by atoms with Gasteiger partial charge in [0.2, 0.25) is 0 Å². The molecular formula is C18H15F2NO5. The number of hydrogen-bond donors (Lipinski definition) is 1. The number of carbonyl (C=O) groups is 3. The smallest absolute Gasteiger partial charge is 0.344 e. The van der Waals surface area contributed by atoms with Crippen LogP contribution in [0.4, 0.5) is 14.5 Å². The molecule has 0 saturated carbocycles. The fourth-order valence-corrected chi connectivity index (χ4v) is 2.08. The first kappa shape index (κ1) is 19.0. The van der Waals surface area contributed by atoms with Gasteiger partial charge >= 0.3 is 11.9 Å². The Morgan fingerprint density at radius 3 is 2.31 bits per heavy atom. The van der Waals surface area contributed by atoms with Crippen molar-refractivity contribution in [3.8, 4) is 0 Å². The minimum absolute atomic E-state index is 0.221. The van der Waals surface area contributed by atoms with Gasteiger partial charge in [-0.1, -0.05) is 12.1 Å². The summed E-state index contributed by atoms with van der Waals surface area (Å²) in [5, 5.41) is 2.45. The molecule has 0 fully saturated rings. The van der Waals surface area contributed by atoms with Gasteiger partial charge in [0.15, 0.2) is 6.61 Å². The average molecular weight is 363 g/mol. The fraction of sp³-hybridized carbons (Fsp3) is 0.167. The van der Waals surface area contributed by atoms with Gasteiger partial charge in [0.1, 0.15) is 17.2 Å². The molecule has 2 rings (SSSR count). The second kappa shape index (κ2) is 8.19. The van der Waals surface area contributed by atoms with Gasteiger partial charge in [-0.15, -0.1) is 0 Å². The first-order chi connectivity index (χ1) is 12.3. The molecule has 2 aromatic rings. The zero-order valence-electron chi connectivity index (χ0n) is 14.0. The number of anilines is 1. The number of rotatable bonds is 5. The summed E-state index contributed by atoms with van der Waals surface area (Å²) >= 11 is 0. The Morgan fingerprint density at radius 1 is 1.04 bits per heavy atom. The highest BCUT2D eigenvalue weighted by atomic mass is 19.1. The molecule has 0 aliphatic heterocycles. The van der Waals surface area contributed by atoms with Crippen molar-refractivity contribution >= 4 is 23.5 Å². The van der Waals surface area contributed by atoms with Gasteiger partial charge in [-0.3, -0.25) is 4.79 Å². The summed E-state index contributed by atoms with van der Waals surface area (Å²) in [5.41, 5.74) is 0.312. The predicted molar refractivity (Wildman–Crippen MR) is 87.8 cm³/mol. The zero-order chi connectivity index (χ0) is 19.3. The quantitative estimate of drug-likeness (QED) is 0.826. The lowest BCUT2D eigenvalue weighted by Gasteiger charge is -2.11. The molecule has 0 bridgehead atoms. The van der Waals surface area contributed by atoms with E-state index in [1.54, 1.807) is 13.0 Å². The van der Waals surface area contributed by atoms with Crippen molar-refractivity contribution in [1.29, 1.82) is 0 Å². The highest BCUT2D eigenvalue weighted by molar-refractivity contribution is 5.97. The van der Waals surface area contributed by atoms with Crippen LogP contribution in [-0.4, -0.2) is 31.6 Å². The molecule has 1 amide bonds. The number of amides is 1. The molecule has 6 nitrogen and oxygen atoms in total. The van der Waals surface area contributed by atoms with E-state index in [2.05, 4.69) is 14.8 Å². The number of ether oxygens (including phenoxy) is 2. The minimum Gasteiger partial charge on any atom is -0.465 e. The Morgan fingerprint density at radius 2 is 1.69 bits per heavy atom. The van der Waals surface area contributed by atoms with Crippen LogP contribution in [0.3, 0.4) is 0 Å². The molecule has 0 atom stereocenters. The van der Waals surface area contributed by atoms with Crippen LogP contribution in [0.25, 0.3) is 0 Å². The molecule has 26 heavy (non-hydrogen) atoms. The Labute approximate surface area is 147 Å². The highest BCUT2D eigenvalue weighted by Gasteiger charge is 2.20. The van der Waals surface area contributed by atoms with Crippen LogP contribution in [-0.2, 0) is 14.3 Å². The van der Waals surface area contributed by atoms with Crippen LogP contribution < -0.4 is 5.32 Å². The number of methoxy groups -OCH3 is 1. The lowest BCUT2D eigenvalue weighted by atomic mass is 10.1. The van der Waals surface area contributed by atoms with Crippen molar-refractivity contribution in [3.63, 3.8) is 0 Å². The number of benzene rings is 2. The maximum atomic E-state index is 13.5. The summed E-state index contributed by atoms with van der Waals surface area (Å²) in [6, 6.07) is 7.44.